The lowest BCUT2D eigenvalue weighted by atomic mass is 10.0. The Hall–Kier alpha value is -3.36. The normalized spacial score (nSPS) is 10.2. The van der Waals surface area contributed by atoms with E-state index in [0.29, 0.717) is 23.1 Å². The molecule has 0 saturated carbocycles. The molecule has 0 bridgehead atoms. The first-order valence-corrected chi connectivity index (χ1v) is 12.3. The second-order valence-electron chi connectivity index (χ2n) is 8.61. The second-order valence-corrected chi connectivity index (χ2v) is 8.61. The Balaban J connectivity index is 1.61. The molecule has 3 aromatic carbocycles. The highest BCUT2D eigenvalue weighted by molar-refractivity contribution is 5.49. The minimum atomic E-state index is -0.430. The minimum Gasteiger partial charge on any atom is -0.207 e. The molecule has 0 radical (unpaired) electrons. The van der Waals surface area contributed by atoms with Crippen molar-refractivity contribution < 1.29 is 8.78 Å². The predicted octanol–water partition coefficient (Wildman–Crippen LogP) is 8.23. The molecule has 0 unspecified atom stereocenters. The summed E-state index contributed by atoms with van der Waals surface area (Å²) in [5, 5.41) is 0. The molecule has 0 fully saturated rings. The average molecular weight is 455 g/mol. The Bertz CT molecular complexity index is 1200. The van der Waals surface area contributed by atoms with Crippen LogP contribution in [0.2, 0.25) is 0 Å². The predicted molar refractivity (Wildman–Crippen MR) is 138 cm³/mol. The molecule has 0 heterocycles. The highest BCUT2D eigenvalue weighted by Gasteiger charge is 2.03. The molecule has 0 amide bonds. The molecule has 174 valence electrons. The number of hydrogen-bond acceptors (Lipinski definition) is 0. The SMILES string of the molecule is CCCCCCCc1ccc(C#Cc2ccc(C#Cc3ccc(CCC)c(F)c3)c(F)c2)cc1. The average Bonchev–Trinajstić information content (AvgIpc) is 2.84. The largest absolute Gasteiger partial charge is 0.207 e. The summed E-state index contributed by atoms with van der Waals surface area (Å²) in [4.78, 5) is 0. The van der Waals surface area contributed by atoms with Crippen molar-refractivity contribution in [2.45, 2.75) is 65.2 Å². The molecular formula is C32H32F2. The molecule has 34 heavy (non-hydrogen) atoms. The smallest absolute Gasteiger partial charge is 0.140 e. The van der Waals surface area contributed by atoms with Crippen molar-refractivity contribution >= 4 is 0 Å². The topological polar surface area (TPSA) is 0 Å². The van der Waals surface area contributed by atoms with Crippen LogP contribution in [-0.2, 0) is 12.8 Å². The van der Waals surface area contributed by atoms with Crippen LogP contribution >= 0.6 is 0 Å². The Kier molecular flexibility index (Phi) is 9.94. The van der Waals surface area contributed by atoms with E-state index in [1.54, 1.807) is 24.3 Å². The van der Waals surface area contributed by atoms with E-state index >= 15 is 0 Å². The number of unbranched alkanes of at least 4 members (excludes halogenated alkanes) is 4. The van der Waals surface area contributed by atoms with Gasteiger partial charge in [-0.05, 0) is 72.9 Å². The van der Waals surface area contributed by atoms with Gasteiger partial charge in [-0.25, -0.2) is 8.78 Å². The van der Waals surface area contributed by atoms with Crippen molar-refractivity contribution in [2.24, 2.45) is 0 Å². The summed E-state index contributed by atoms with van der Waals surface area (Å²) >= 11 is 0. The van der Waals surface area contributed by atoms with Gasteiger partial charge in [0.25, 0.3) is 0 Å². The number of aryl methyl sites for hydroxylation is 2. The van der Waals surface area contributed by atoms with Crippen LogP contribution in [0, 0.1) is 35.3 Å². The molecule has 0 spiro atoms. The lowest BCUT2D eigenvalue weighted by Gasteiger charge is -2.02. The van der Waals surface area contributed by atoms with Gasteiger partial charge < -0.3 is 0 Å². The molecule has 0 nitrogen and oxygen atoms in total. The molecular weight excluding hydrogens is 422 g/mol. The number of hydrogen-bond donors (Lipinski definition) is 0. The molecule has 0 N–H and O–H groups in total. The summed E-state index contributed by atoms with van der Waals surface area (Å²) in [5.74, 6) is 11.1. The molecule has 3 rings (SSSR count). The molecule has 0 saturated heterocycles. The van der Waals surface area contributed by atoms with E-state index < -0.39 is 5.82 Å². The molecule has 3 aromatic rings. The fraction of sp³-hybridized carbons (Fsp3) is 0.312. The van der Waals surface area contributed by atoms with E-state index in [1.165, 1.54) is 49.8 Å². The molecule has 0 aromatic heterocycles. The van der Waals surface area contributed by atoms with E-state index in [-0.39, 0.29) is 11.4 Å². The zero-order valence-electron chi connectivity index (χ0n) is 20.2. The van der Waals surface area contributed by atoms with Crippen LogP contribution in [0.1, 0.15) is 85.8 Å². The van der Waals surface area contributed by atoms with Crippen molar-refractivity contribution in [1.82, 2.24) is 0 Å². The fourth-order valence-corrected chi connectivity index (χ4v) is 3.76. The van der Waals surface area contributed by atoms with Gasteiger partial charge in [-0.2, -0.15) is 0 Å². The molecule has 0 aliphatic heterocycles. The first-order valence-electron chi connectivity index (χ1n) is 12.3. The van der Waals surface area contributed by atoms with E-state index in [0.717, 1.165) is 18.4 Å². The van der Waals surface area contributed by atoms with Gasteiger partial charge >= 0.3 is 0 Å². The Morgan fingerprint density at radius 1 is 0.559 bits per heavy atom. The van der Waals surface area contributed by atoms with E-state index in [2.05, 4.69) is 42.7 Å². The Morgan fingerprint density at radius 2 is 1.18 bits per heavy atom. The van der Waals surface area contributed by atoms with Crippen molar-refractivity contribution in [1.29, 1.82) is 0 Å². The zero-order valence-corrected chi connectivity index (χ0v) is 20.2. The lowest BCUT2D eigenvalue weighted by molar-refractivity contribution is 0.607. The maximum absolute atomic E-state index is 14.5. The van der Waals surface area contributed by atoms with E-state index in [1.807, 2.05) is 19.1 Å². The van der Waals surface area contributed by atoms with Crippen molar-refractivity contribution in [3.05, 3.63) is 106 Å². The van der Waals surface area contributed by atoms with Crippen molar-refractivity contribution in [3.63, 3.8) is 0 Å². The summed E-state index contributed by atoms with van der Waals surface area (Å²) in [6.07, 6.45) is 9.07. The van der Waals surface area contributed by atoms with Gasteiger partial charge in [0, 0.05) is 16.7 Å². The van der Waals surface area contributed by atoms with Crippen LogP contribution in [0.5, 0.6) is 0 Å². The van der Waals surface area contributed by atoms with Gasteiger partial charge in [-0.15, -0.1) is 0 Å². The number of rotatable bonds is 8. The summed E-state index contributed by atoms with van der Waals surface area (Å²) in [6, 6.07) is 18.0. The van der Waals surface area contributed by atoms with Gasteiger partial charge in [0.15, 0.2) is 0 Å². The quantitative estimate of drug-likeness (QED) is 0.237. The van der Waals surface area contributed by atoms with Crippen LogP contribution in [0.15, 0.2) is 60.7 Å². The van der Waals surface area contributed by atoms with Gasteiger partial charge in [0.1, 0.15) is 11.6 Å². The van der Waals surface area contributed by atoms with Crippen LogP contribution in [0.4, 0.5) is 8.78 Å². The lowest BCUT2D eigenvalue weighted by Crippen LogP contribution is -1.91. The van der Waals surface area contributed by atoms with Gasteiger partial charge in [-0.1, -0.05) is 87.8 Å². The summed E-state index contributed by atoms with van der Waals surface area (Å²) in [7, 11) is 0. The van der Waals surface area contributed by atoms with Crippen molar-refractivity contribution in [2.75, 3.05) is 0 Å². The number of halogens is 2. The van der Waals surface area contributed by atoms with Crippen LogP contribution in [0.25, 0.3) is 0 Å². The van der Waals surface area contributed by atoms with Gasteiger partial charge in [0.2, 0.25) is 0 Å². The molecule has 0 aliphatic carbocycles. The maximum atomic E-state index is 14.5. The fourth-order valence-electron chi connectivity index (χ4n) is 3.76. The standard InChI is InChI=1S/C32H32F2/c1-3-5-6-7-8-10-25-11-13-26(14-12-25)15-16-27-18-21-30(32(34)23-27)22-19-28-17-20-29(9-4-2)31(33)24-28/h11-14,17-18,20-21,23-24H,3-10H2,1-2H3. The highest BCUT2D eigenvalue weighted by atomic mass is 19.1. The Labute approximate surface area is 203 Å². The highest BCUT2D eigenvalue weighted by Crippen LogP contribution is 2.14. The Morgan fingerprint density at radius 3 is 1.85 bits per heavy atom. The third kappa shape index (κ3) is 7.90. The van der Waals surface area contributed by atoms with Crippen LogP contribution < -0.4 is 0 Å². The first kappa shape index (κ1) is 25.3. The van der Waals surface area contributed by atoms with Crippen LogP contribution in [0.3, 0.4) is 0 Å². The van der Waals surface area contributed by atoms with E-state index in [4.69, 9.17) is 0 Å². The minimum absolute atomic E-state index is 0.264. The van der Waals surface area contributed by atoms with Crippen LogP contribution in [-0.4, -0.2) is 0 Å². The molecule has 0 atom stereocenters. The summed E-state index contributed by atoms with van der Waals surface area (Å²) < 4.78 is 28.6. The third-order valence-electron chi connectivity index (χ3n) is 5.76. The van der Waals surface area contributed by atoms with Gasteiger partial charge in [-0.3, -0.25) is 0 Å². The van der Waals surface area contributed by atoms with Crippen molar-refractivity contribution in [3.8, 4) is 23.7 Å². The molecule has 2 heteroatoms. The number of benzene rings is 3. The summed E-state index contributed by atoms with van der Waals surface area (Å²) in [6.45, 7) is 4.24. The molecule has 0 aliphatic rings. The monoisotopic (exact) mass is 454 g/mol. The first-order chi connectivity index (χ1) is 16.6. The maximum Gasteiger partial charge on any atom is 0.140 e. The van der Waals surface area contributed by atoms with Gasteiger partial charge in [0.05, 0.1) is 5.56 Å². The third-order valence-corrected chi connectivity index (χ3v) is 5.76. The second kappa shape index (κ2) is 13.4. The zero-order chi connectivity index (χ0) is 24.2. The van der Waals surface area contributed by atoms with E-state index in [9.17, 15) is 8.78 Å². The summed E-state index contributed by atoms with van der Waals surface area (Å²) in [5.41, 5.74) is 4.32.